The molecule has 3 atom stereocenters. The first-order valence-corrected chi connectivity index (χ1v) is 28.8. The standard InChI is InChI=1S/C23H25F2N7O2.C12H15N3O3.C11H11ClF2N4O.C6H3Cl2N3.C5H9F2NO.ClH/c1-14-7-16(8-19(34-3)15(14)2)30-10-20(26-13-30)27-22-28-21(18-5-4-6-32(18)29-22)31-12-23(24,25)9-17(31)11-33;1-16-9-4-8(15-6-11(13)14-7-15)5-10(17-2)12(9)18-3;12-10-15-9(8-2-1-3-18(8)16-10)17-6-11(13,14)4-7(17)5-19;7-5-4-2-1-3-11(4)10-6(8)9-5;6-5(7)1-4(2-9)8-3-5;/h4-8,10,13,17,33H,9,11-12H2,1-3H3,(H,27,29);4-7H,13H2,1-3H3;1-3,7,19H,4-6H2;1-3H;4,8-9H,1-3H2;1H/t17-;;7-;;4-;/m0.0.0./s1. The average Bonchev–Trinajstić information content (AvgIpc) is 1.62. The molecule has 3 aliphatic heterocycles. The Morgan fingerprint density at radius 3 is 1.62 bits per heavy atom. The van der Waals surface area contributed by atoms with Crippen molar-refractivity contribution in [1.82, 2.24) is 68.2 Å². The number of rotatable bonds is 13. The van der Waals surface area contributed by atoms with Crippen LogP contribution in [0.25, 0.3) is 27.9 Å². The number of aromatic nitrogens is 13. The van der Waals surface area contributed by atoms with Gasteiger partial charge in [0.25, 0.3) is 17.8 Å². The first kappa shape index (κ1) is 69.6. The van der Waals surface area contributed by atoms with Gasteiger partial charge >= 0.3 is 0 Å². The van der Waals surface area contributed by atoms with E-state index < -0.39 is 61.8 Å². The number of aliphatic hydroxyl groups is 3. The minimum Gasteiger partial charge on any atom is -0.496 e. The van der Waals surface area contributed by atoms with E-state index in [1.165, 1.54) is 14.3 Å². The predicted molar refractivity (Wildman–Crippen MR) is 336 cm³/mol. The summed E-state index contributed by atoms with van der Waals surface area (Å²) in [7, 11) is 6.35. The molecule has 10 aromatic rings. The lowest BCUT2D eigenvalue weighted by Gasteiger charge is -2.24. The summed E-state index contributed by atoms with van der Waals surface area (Å²) in [5.74, 6) is -4.06. The van der Waals surface area contributed by atoms with Crippen LogP contribution in [-0.2, 0) is 0 Å². The molecule has 35 heteroatoms. The first-order chi connectivity index (χ1) is 43.4. The number of benzene rings is 2. The zero-order valence-electron chi connectivity index (χ0n) is 50.0. The van der Waals surface area contributed by atoms with Crippen molar-refractivity contribution in [3.63, 3.8) is 0 Å². The smallest absolute Gasteiger partial charge is 0.267 e. The molecule has 7 N–H and O–H groups in total. The summed E-state index contributed by atoms with van der Waals surface area (Å²) in [4.78, 5) is 23.5. The highest BCUT2D eigenvalue weighted by molar-refractivity contribution is 6.34. The summed E-state index contributed by atoms with van der Waals surface area (Å²) >= 11 is 17.1. The number of nitrogens with zero attached hydrogens (tertiary/aromatic N) is 15. The topological polar surface area (TPSA) is 280 Å². The average molecular weight is 1370 g/mol. The lowest BCUT2D eigenvalue weighted by molar-refractivity contribution is 0.0188. The lowest BCUT2D eigenvalue weighted by Crippen LogP contribution is -2.34. The molecule has 11 heterocycles. The van der Waals surface area contributed by atoms with Crippen molar-refractivity contribution in [3.8, 4) is 34.4 Å². The third-order valence-corrected chi connectivity index (χ3v) is 15.3. The maximum atomic E-state index is 14.1. The zero-order valence-corrected chi connectivity index (χ0v) is 53.1. The first-order valence-electron chi connectivity index (χ1n) is 27.7. The van der Waals surface area contributed by atoms with E-state index in [1.54, 1.807) is 110 Å². The Bertz CT molecular complexity index is 4100. The second kappa shape index (κ2) is 29.5. The fourth-order valence-electron chi connectivity index (χ4n) is 10.2. The van der Waals surface area contributed by atoms with E-state index >= 15 is 0 Å². The summed E-state index contributed by atoms with van der Waals surface area (Å²) in [5.41, 5.74) is 11.4. The minimum atomic E-state index is -2.90. The molecule has 92 heavy (non-hydrogen) atoms. The monoisotopic (exact) mass is 1370 g/mol. The number of ether oxygens (including phenoxy) is 4. The quantitative estimate of drug-likeness (QED) is 0.0587. The van der Waals surface area contributed by atoms with E-state index in [9.17, 15) is 36.6 Å². The summed E-state index contributed by atoms with van der Waals surface area (Å²) in [5, 5.41) is 45.7. The van der Waals surface area contributed by atoms with Gasteiger partial charge in [-0.3, -0.25) is 0 Å². The number of aliphatic hydroxyl groups excluding tert-OH is 3. The Balaban J connectivity index is 0.000000160. The number of nitrogen functional groups attached to an aromatic ring is 1. The molecule has 13 rings (SSSR count). The second-order valence-corrected chi connectivity index (χ2v) is 22.0. The number of aryl methyl sites for hydroxylation is 1. The van der Waals surface area contributed by atoms with E-state index in [0.717, 1.165) is 33.8 Å². The van der Waals surface area contributed by atoms with Gasteiger partial charge in [-0.25, -0.2) is 54.8 Å². The third kappa shape index (κ3) is 16.3. The number of nitrogens with one attached hydrogen (secondary N) is 2. The van der Waals surface area contributed by atoms with Gasteiger partial charge in [-0.05, 0) is 90.6 Å². The van der Waals surface area contributed by atoms with Crippen LogP contribution in [0.1, 0.15) is 30.4 Å². The van der Waals surface area contributed by atoms with Crippen LogP contribution in [0.3, 0.4) is 0 Å². The largest absolute Gasteiger partial charge is 0.496 e. The molecule has 0 saturated carbocycles. The van der Waals surface area contributed by atoms with Crippen molar-refractivity contribution >= 4 is 93.0 Å². The van der Waals surface area contributed by atoms with E-state index in [2.05, 4.69) is 50.8 Å². The maximum absolute atomic E-state index is 14.1. The molecule has 0 unspecified atom stereocenters. The Hall–Kier alpha value is -8.30. The Morgan fingerprint density at radius 1 is 0.620 bits per heavy atom. The second-order valence-electron chi connectivity index (χ2n) is 21.0. The van der Waals surface area contributed by atoms with E-state index in [1.807, 2.05) is 54.8 Å². The molecular formula is C57H64Cl4F6N18O7. The number of hydrogen-bond donors (Lipinski definition) is 6. The van der Waals surface area contributed by atoms with Gasteiger partial charge in [-0.1, -0.05) is 11.6 Å². The summed E-state index contributed by atoms with van der Waals surface area (Å²) in [6.07, 6.45) is 10.9. The molecule has 3 fully saturated rings. The SMILES string of the molecule is COc1cc(-n2cnc(N)c2)cc(OC)c1OC.COc1cc(-n2cnc(Nc3nc(N4CC(F)(F)C[C@H]4CO)c4cccn4n3)c2)cc(C)c1C.Cl.Clc1nc(Cl)c2cccn2n1.OC[C@@H]1CC(F)(F)CN1.OC[C@@H]1CC(F)(F)CN1c1nc(Cl)nn2cccc12. The summed E-state index contributed by atoms with van der Waals surface area (Å²) in [6, 6.07) is 16.4. The number of methoxy groups -OCH3 is 4. The van der Waals surface area contributed by atoms with Crippen LogP contribution in [-0.4, -0.2) is 182 Å². The van der Waals surface area contributed by atoms with Crippen molar-refractivity contribution in [2.24, 2.45) is 0 Å². The maximum Gasteiger partial charge on any atom is 0.267 e. The number of alkyl halides is 6. The van der Waals surface area contributed by atoms with Gasteiger partial charge in [-0.2, -0.15) is 9.97 Å². The molecule has 3 aliphatic rings. The highest BCUT2D eigenvalue weighted by Gasteiger charge is 2.47. The van der Waals surface area contributed by atoms with E-state index in [0.29, 0.717) is 56.7 Å². The van der Waals surface area contributed by atoms with Gasteiger partial charge < -0.3 is 69.6 Å². The third-order valence-electron chi connectivity index (χ3n) is 14.7. The summed E-state index contributed by atoms with van der Waals surface area (Å²) in [6.45, 7) is 1.78. The Morgan fingerprint density at radius 2 is 1.12 bits per heavy atom. The van der Waals surface area contributed by atoms with Crippen molar-refractivity contribution < 1.29 is 60.6 Å². The fraction of sp³-hybridized carbons (Fsp3) is 0.368. The Labute approximate surface area is 542 Å². The van der Waals surface area contributed by atoms with E-state index in [-0.39, 0.29) is 61.7 Å². The Kier molecular flexibility index (Phi) is 22.3. The van der Waals surface area contributed by atoms with Crippen LogP contribution in [0.4, 0.5) is 55.6 Å². The van der Waals surface area contributed by atoms with Crippen molar-refractivity contribution in [2.75, 3.05) is 88.7 Å². The van der Waals surface area contributed by atoms with Gasteiger partial charge in [0, 0.05) is 62.1 Å². The number of anilines is 5. The molecule has 0 amide bonds. The number of hydrogen-bond acceptors (Lipinski definition) is 20. The molecule has 0 aliphatic carbocycles. The molecule has 0 spiro atoms. The molecule has 0 radical (unpaired) electrons. The van der Waals surface area contributed by atoms with Crippen LogP contribution in [0, 0.1) is 13.8 Å². The van der Waals surface area contributed by atoms with E-state index in [4.69, 9.17) is 64.6 Å². The molecule has 494 valence electrons. The predicted octanol–water partition coefficient (Wildman–Crippen LogP) is 8.99. The molecule has 0 bridgehead atoms. The number of fused-ring (bicyclic) bond motifs is 3. The molecule has 8 aromatic heterocycles. The molecule has 3 saturated heterocycles. The van der Waals surface area contributed by atoms with Crippen LogP contribution < -0.4 is 45.1 Å². The molecular weight excluding hydrogens is 1300 g/mol. The van der Waals surface area contributed by atoms with Gasteiger partial charge in [0.2, 0.25) is 22.3 Å². The molecule has 2 aromatic carbocycles. The number of nitrogens with two attached hydrogens (primary N) is 1. The van der Waals surface area contributed by atoms with Crippen molar-refractivity contribution in [2.45, 2.75) is 69.0 Å². The van der Waals surface area contributed by atoms with Crippen LogP contribution in [0.15, 0.2) is 104 Å². The van der Waals surface area contributed by atoms with Gasteiger partial charge in [0.05, 0.1) is 104 Å². The van der Waals surface area contributed by atoms with Crippen LogP contribution in [0.2, 0.25) is 15.7 Å². The fourth-order valence-corrected chi connectivity index (χ4v) is 10.8. The number of imidazole rings is 2. The normalized spacial score (nSPS) is 17.6. The summed E-state index contributed by atoms with van der Waals surface area (Å²) < 4.78 is 109. The zero-order chi connectivity index (χ0) is 65.5. The minimum absolute atomic E-state index is 0. The van der Waals surface area contributed by atoms with Gasteiger partial charge in [-0.15, -0.1) is 27.7 Å². The van der Waals surface area contributed by atoms with Crippen LogP contribution >= 0.6 is 47.2 Å². The van der Waals surface area contributed by atoms with Crippen molar-refractivity contribution in [1.29, 1.82) is 0 Å². The highest BCUT2D eigenvalue weighted by Crippen LogP contribution is 2.41. The highest BCUT2D eigenvalue weighted by atomic mass is 35.5. The lowest BCUT2D eigenvalue weighted by atomic mass is 10.1. The number of halogens is 10. The van der Waals surface area contributed by atoms with Crippen LogP contribution in [0.5, 0.6) is 23.0 Å². The van der Waals surface area contributed by atoms with Gasteiger partial charge in [0.15, 0.2) is 34.1 Å². The molecule has 25 nitrogen and oxygen atoms in total. The van der Waals surface area contributed by atoms with Crippen molar-refractivity contribution in [3.05, 3.63) is 131 Å². The van der Waals surface area contributed by atoms with Gasteiger partial charge in [0.1, 0.15) is 40.8 Å².